The van der Waals surface area contributed by atoms with Crippen LogP contribution in [0, 0.1) is 0 Å². The van der Waals surface area contributed by atoms with Crippen molar-refractivity contribution in [1.29, 1.82) is 0 Å². The molecule has 0 saturated heterocycles. The maximum Gasteiger partial charge on any atom is 0.242 e. The van der Waals surface area contributed by atoms with Gasteiger partial charge in [-0.3, -0.25) is 9.59 Å². The average Bonchev–Trinajstić information content (AvgIpc) is 2.52. The van der Waals surface area contributed by atoms with E-state index in [1.54, 1.807) is 18.9 Å². The number of amides is 2. The Kier molecular flexibility index (Phi) is 7.43. The molecule has 0 spiro atoms. The van der Waals surface area contributed by atoms with Crippen LogP contribution < -0.4 is 10.1 Å². The molecule has 0 radical (unpaired) electrons. The van der Waals surface area contributed by atoms with Crippen LogP contribution in [0.4, 0.5) is 0 Å². The molecule has 0 bridgehead atoms. The maximum absolute atomic E-state index is 12.4. The van der Waals surface area contributed by atoms with Gasteiger partial charge >= 0.3 is 0 Å². The summed E-state index contributed by atoms with van der Waals surface area (Å²) in [5, 5.41) is 2.77. The Bertz CT molecular complexity index is 502. The highest BCUT2D eigenvalue weighted by Crippen LogP contribution is 2.16. The van der Waals surface area contributed by atoms with E-state index in [1.165, 1.54) is 0 Å². The van der Waals surface area contributed by atoms with Gasteiger partial charge in [0.25, 0.3) is 0 Å². The van der Waals surface area contributed by atoms with E-state index >= 15 is 0 Å². The summed E-state index contributed by atoms with van der Waals surface area (Å²) >= 11 is 0. The third-order valence-corrected chi connectivity index (χ3v) is 3.47. The van der Waals surface area contributed by atoms with Gasteiger partial charge in [0.2, 0.25) is 11.8 Å². The standard InChI is InChI=1S/C17H26N2O3/c1-5-8-16(20)19(13(3)17(21)18-6-2)12-14-9-7-10-15(11-14)22-4/h7,9-11,13H,5-6,8,12H2,1-4H3,(H,18,21)/t13-/m1/s1. The van der Waals surface area contributed by atoms with Crippen molar-refractivity contribution in [2.75, 3.05) is 13.7 Å². The molecule has 0 heterocycles. The van der Waals surface area contributed by atoms with Gasteiger partial charge in [0, 0.05) is 19.5 Å². The molecule has 1 atom stereocenters. The van der Waals surface area contributed by atoms with Crippen molar-refractivity contribution in [2.45, 2.75) is 46.2 Å². The predicted octanol–water partition coefficient (Wildman–Crippen LogP) is 2.35. The summed E-state index contributed by atoms with van der Waals surface area (Å²) in [4.78, 5) is 26.1. The second-order valence-corrected chi connectivity index (χ2v) is 5.19. The molecular weight excluding hydrogens is 280 g/mol. The van der Waals surface area contributed by atoms with E-state index in [1.807, 2.05) is 38.1 Å². The van der Waals surface area contributed by atoms with E-state index in [0.29, 0.717) is 19.5 Å². The molecule has 5 heteroatoms. The summed E-state index contributed by atoms with van der Waals surface area (Å²) in [6.07, 6.45) is 1.20. The quantitative estimate of drug-likeness (QED) is 0.802. The minimum Gasteiger partial charge on any atom is -0.497 e. The zero-order chi connectivity index (χ0) is 16.5. The molecule has 0 fully saturated rings. The Morgan fingerprint density at radius 2 is 2.05 bits per heavy atom. The average molecular weight is 306 g/mol. The van der Waals surface area contributed by atoms with Crippen LogP contribution in [0.3, 0.4) is 0 Å². The summed E-state index contributed by atoms with van der Waals surface area (Å²) in [6.45, 7) is 6.54. The van der Waals surface area contributed by atoms with E-state index in [4.69, 9.17) is 4.74 Å². The first-order valence-electron chi connectivity index (χ1n) is 7.73. The highest BCUT2D eigenvalue weighted by molar-refractivity contribution is 5.87. The maximum atomic E-state index is 12.4. The number of carbonyl (C=O) groups excluding carboxylic acids is 2. The first-order valence-corrected chi connectivity index (χ1v) is 7.73. The van der Waals surface area contributed by atoms with Crippen LogP contribution in [0.25, 0.3) is 0 Å². The fraction of sp³-hybridized carbons (Fsp3) is 0.529. The molecule has 1 aromatic carbocycles. The number of nitrogens with one attached hydrogen (secondary N) is 1. The smallest absolute Gasteiger partial charge is 0.242 e. The lowest BCUT2D eigenvalue weighted by Crippen LogP contribution is -2.47. The van der Waals surface area contributed by atoms with Crippen LogP contribution >= 0.6 is 0 Å². The number of nitrogens with zero attached hydrogens (tertiary/aromatic N) is 1. The zero-order valence-corrected chi connectivity index (χ0v) is 13.9. The number of methoxy groups -OCH3 is 1. The third kappa shape index (κ3) is 5.06. The monoisotopic (exact) mass is 306 g/mol. The molecule has 0 saturated carbocycles. The van der Waals surface area contributed by atoms with Crippen LogP contribution in [-0.2, 0) is 16.1 Å². The van der Waals surface area contributed by atoms with Gasteiger partial charge in [-0.25, -0.2) is 0 Å². The molecule has 0 aromatic heterocycles. The van der Waals surface area contributed by atoms with Crippen molar-refractivity contribution < 1.29 is 14.3 Å². The Morgan fingerprint density at radius 1 is 1.32 bits per heavy atom. The van der Waals surface area contributed by atoms with Crippen molar-refractivity contribution in [1.82, 2.24) is 10.2 Å². The fourth-order valence-corrected chi connectivity index (χ4v) is 2.23. The van der Waals surface area contributed by atoms with Gasteiger partial charge in [-0.2, -0.15) is 0 Å². The van der Waals surface area contributed by atoms with E-state index in [9.17, 15) is 9.59 Å². The van der Waals surface area contributed by atoms with Gasteiger partial charge in [0.1, 0.15) is 11.8 Å². The topological polar surface area (TPSA) is 58.6 Å². The number of benzene rings is 1. The minimum atomic E-state index is -0.495. The van der Waals surface area contributed by atoms with Crippen molar-refractivity contribution in [3.8, 4) is 5.75 Å². The van der Waals surface area contributed by atoms with Crippen LogP contribution in [0.5, 0.6) is 5.75 Å². The summed E-state index contributed by atoms with van der Waals surface area (Å²) < 4.78 is 5.21. The number of rotatable bonds is 8. The highest BCUT2D eigenvalue weighted by atomic mass is 16.5. The third-order valence-electron chi connectivity index (χ3n) is 3.47. The second kappa shape index (κ2) is 9.07. The van der Waals surface area contributed by atoms with Gasteiger partial charge in [0.05, 0.1) is 7.11 Å². The Labute approximate surface area is 132 Å². The lowest BCUT2D eigenvalue weighted by atomic mass is 10.1. The fourth-order valence-electron chi connectivity index (χ4n) is 2.23. The Balaban J connectivity index is 2.94. The largest absolute Gasteiger partial charge is 0.497 e. The molecule has 2 amide bonds. The number of ether oxygens (including phenoxy) is 1. The van der Waals surface area contributed by atoms with Crippen LogP contribution in [0.1, 0.15) is 39.2 Å². The molecule has 0 aliphatic rings. The summed E-state index contributed by atoms with van der Waals surface area (Å²) in [7, 11) is 1.61. The van der Waals surface area contributed by atoms with Gasteiger partial charge in [-0.05, 0) is 38.0 Å². The second-order valence-electron chi connectivity index (χ2n) is 5.19. The molecular formula is C17H26N2O3. The van der Waals surface area contributed by atoms with Gasteiger partial charge in [-0.1, -0.05) is 19.1 Å². The summed E-state index contributed by atoms with van der Waals surface area (Å²) in [5.74, 6) is 0.602. The van der Waals surface area contributed by atoms with E-state index in [-0.39, 0.29) is 11.8 Å². The lowest BCUT2D eigenvalue weighted by Gasteiger charge is -2.28. The van der Waals surface area contributed by atoms with Gasteiger partial charge < -0.3 is 15.0 Å². The van der Waals surface area contributed by atoms with Crippen molar-refractivity contribution in [3.05, 3.63) is 29.8 Å². The molecule has 1 rings (SSSR count). The van der Waals surface area contributed by atoms with E-state index in [0.717, 1.165) is 17.7 Å². The molecule has 1 N–H and O–H groups in total. The minimum absolute atomic E-state index is 0.0101. The van der Waals surface area contributed by atoms with Crippen molar-refractivity contribution in [3.63, 3.8) is 0 Å². The molecule has 122 valence electrons. The summed E-state index contributed by atoms with van der Waals surface area (Å²) in [6, 6.07) is 7.06. The predicted molar refractivity (Wildman–Crippen MR) is 86.6 cm³/mol. The molecule has 0 unspecified atom stereocenters. The number of carbonyl (C=O) groups is 2. The van der Waals surface area contributed by atoms with Gasteiger partial charge in [0.15, 0.2) is 0 Å². The van der Waals surface area contributed by atoms with Crippen molar-refractivity contribution >= 4 is 11.8 Å². The molecule has 5 nitrogen and oxygen atoms in total. The van der Waals surface area contributed by atoms with Crippen LogP contribution in [0.2, 0.25) is 0 Å². The number of hydrogen-bond acceptors (Lipinski definition) is 3. The van der Waals surface area contributed by atoms with Crippen molar-refractivity contribution in [2.24, 2.45) is 0 Å². The number of likely N-dealkylation sites (N-methyl/N-ethyl adjacent to an activating group) is 1. The SMILES string of the molecule is CCCC(=O)N(Cc1cccc(OC)c1)[C@H](C)C(=O)NCC. The molecule has 22 heavy (non-hydrogen) atoms. The Morgan fingerprint density at radius 3 is 2.64 bits per heavy atom. The van der Waals surface area contributed by atoms with E-state index < -0.39 is 6.04 Å². The van der Waals surface area contributed by atoms with Crippen LogP contribution in [0.15, 0.2) is 24.3 Å². The van der Waals surface area contributed by atoms with Crippen LogP contribution in [-0.4, -0.2) is 36.4 Å². The normalized spacial score (nSPS) is 11.6. The summed E-state index contributed by atoms with van der Waals surface area (Å²) in [5.41, 5.74) is 0.944. The number of hydrogen-bond donors (Lipinski definition) is 1. The lowest BCUT2D eigenvalue weighted by molar-refractivity contribution is -0.140. The first kappa shape index (κ1) is 18.0. The molecule has 0 aliphatic heterocycles. The van der Waals surface area contributed by atoms with Gasteiger partial charge in [-0.15, -0.1) is 0 Å². The van der Waals surface area contributed by atoms with E-state index in [2.05, 4.69) is 5.32 Å². The first-order chi connectivity index (χ1) is 10.5. The zero-order valence-electron chi connectivity index (χ0n) is 13.9. The Hall–Kier alpha value is -2.04. The molecule has 0 aliphatic carbocycles. The molecule has 1 aromatic rings. The highest BCUT2D eigenvalue weighted by Gasteiger charge is 2.25.